The zero-order valence-electron chi connectivity index (χ0n) is 10.7. The van der Waals surface area contributed by atoms with Crippen LogP contribution in [0.15, 0.2) is 0 Å². The number of carbonyl (C=O) groups excluding carboxylic acids is 1. The number of tetrazole rings is 1. The number of hydrogen-bond acceptors (Lipinski definition) is 6. The minimum atomic E-state index is -0.470. The maximum Gasteiger partial charge on any atom is 0.378 e. The molecule has 1 aromatic rings. The van der Waals surface area contributed by atoms with Gasteiger partial charge < -0.3 is 9.47 Å². The third-order valence-corrected chi connectivity index (χ3v) is 3.23. The molecule has 0 aromatic carbocycles. The van der Waals surface area contributed by atoms with E-state index in [0.29, 0.717) is 6.61 Å². The fraction of sp³-hybridized carbons (Fsp3) is 0.818. The molecule has 7 nitrogen and oxygen atoms in total. The van der Waals surface area contributed by atoms with E-state index in [-0.39, 0.29) is 18.0 Å². The van der Waals surface area contributed by atoms with Gasteiger partial charge in [-0.05, 0) is 43.0 Å². The van der Waals surface area contributed by atoms with Crippen molar-refractivity contribution in [1.29, 1.82) is 0 Å². The highest BCUT2D eigenvalue weighted by molar-refractivity contribution is 5.85. The smallest absolute Gasteiger partial charge is 0.378 e. The van der Waals surface area contributed by atoms with Gasteiger partial charge in [-0.25, -0.2) is 9.48 Å². The first-order valence-corrected chi connectivity index (χ1v) is 6.24. The molecule has 2 atom stereocenters. The molecule has 18 heavy (non-hydrogen) atoms. The van der Waals surface area contributed by atoms with Crippen LogP contribution in [-0.4, -0.2) is 46.0 Å². The van der Waals surface area contributed by atoms with E-state index in [1.54, 1.807) is 18.7 Å². The van der Waals surface area contributed by atoms with Gasteiger partial charge in [0.15, 0.2) is 0 Å². The first kappa shape index (κ1) is 12.9. The SMILES string of the molecule is CCOC(=O)c1nnnn1C1CCCC(OC)C1. The van der Waals surface area contributed by atoms with E-state index in [2.05, 4.69) is 15.5 Å². The lowest BCUT2D eigenvalue weighted by molar-refractivity contribution is 0.0425. The molecule has 1 aromatic heterocycles. The van der Waals surface area contributed by atoms with Crippen LogP contribution in [0.3, 0.4) is 0 Å². The molecule has 2 rings (SSSR count). The Hall–Kier alpha value is -1.50. The van der Waals surface area contributed by atoms with Crippen LogP contribution in [0.2, 0.25) is 0 Å². The van der Waals surface area contributed by atoms with E-state index in [1.807, 2.05) is 0 Å². The molecule has 1 aliphatic carbocycles. The van der Waals surface area contributed by atoms with Crippen LogP contribution < -0.4 is 0 Å². The zero-order valence-corrected chi connectivity index (χ0v) is 10.7. The fourth-order valence-electron chi connectivity index (χ4n) is 2.33. The zero-order chi connectivity index (χ0) is 13.0. The Morgan fingerprint density at radius 3 is 3.06 bits per heavy atom. The second-order valence-corrected chi connectivity index (χ2v) is 4.35. The Labute approximate surface area is 105 Å². The number of ether oxygens (including phenoxy) is 2. The lowest BCUT2D eigenvalue weighted by Gasteiger charge is -2.28. The third-order valence-electron chi connectivity index (χ3n) is 3.23. The van der Waals surface area contributed by atoms with Gasteiger partial charge in [0.2, 0.25) is 0 Å². The maximum absolute atomic E-state index is 11.7. The molecule has 0 radical (unpaired) electrons. The highest BCUT2D eigenvalue weighted by Gasteiger charge is 2.28. The summed E-state index contributed by atoms with van der Waals surface area (Å²) in [6.45, 7) is 2.07. The molecule has 1 saturated carbocycles. The first-order chi connectivity index (χ1) is 8.76. The van der Waals surface area contributed by atoms with Gasteiger partial charge in [-0.15, -0.1) is 5.10 Å². The largest absolute Gasteiger partial charge is 0.460 e. The first-order valence-electron chi connectivity index (χ1n) is 6.24. The summed E-state index contributed by atoms with van der Waals surface area (Å²) in [4.78, 5) is 11.7. The van der Waals surface area contributed by atoms with Gasteiger partial charge in [0.25, 0.3) is 5.82 Å². The van der Waals surface area contributed by atoms with Crippen LogP contribution in [0.4, 0.5) is 0 Å². The Bertz CT molecular complexity index is 407. The molecule has 1 aliphatic rings. The van der Waals surface area contributed by atoms with Crippen LogP contribution >= 0.6 is 0 Å². The Morgan fingerprint density at radius 2 is 2.33 bits per heavy atom. The van der Waals surface area contributed by atoms with Crippen molar-refractivity contribution in [3.8, 4) is 0 Å². The van der Waals surface area contributed by atoms with E-state index < -0.39 is 5.97 Å². The highest BCUT2D eigenvalue weighted by atomic mass is 16.5. The van der Waals surface area contributed by atoms with Gasteiger partial charge in [-0.2, -0.15) is 0 Å². The number of esters is 1. The molecule has 0 spiro atoms. The van der Waals surface area contributed by atoms with Crippen LogP contribution in [0.5, 0.6) is 0 Å². The third kappa shape index (κ3) is 2.66. The van der Waals surface area contributed by atoms with E-state index in [0.717, 1.165) is 25.7 Å². The normalized spacial score (nSPS) is 23.9. The lowest BCUT2D eigenvalue weighted by atomic mass is 9.93. The summed E-state index contributed by atoms with van der Waals surface area (Å²) in [7, 11) is 1.71. The Balaban J connectivity index is 2.13. The number of aromatic nitrogens is 4. The minimum Gasteiger partial charge on any atom is -0.460 e. The molecule has 2 unspecified atom stereocenters. The van der Waals surface area contributed by atoms with Crippen LogP contribution in [-0.2, 0) is 9.47 Å². The molecule has 1 fully saturated rings. The maximum atomic E-state index is 11.7. The van der Waals surface area contributed by atoms with E-state index >= 15 is 0 Å². The second-order valence-electron chi connectivity index (χ2n) is 4.35. The summed E-state index contributed by atoms with van der Waals surface area (Å²) in [6.07, 6.45) is 4.09. The van der Waals surface area contributed by atoms with Crippen LogP contribution in [0.1, 0.15) is 49.3 Å². The number of rotatable bonds is 4. The van der Waals surface area contributed by atoms with Gasteiger partial charge in [0.05, 0.1) is 18.8 Å². The van der Waals surface area contributed by atoms with Crippen LogP contribution in [0.25, 0.3) is 0 Å². The quantitative estimate of drug-likeness (QED) is 0.745. The van der Waals surface area contributed by atoms with Crippen molar-refractivity contribution >= 4 is 5.97 Å². The summed E-state index contributed by atoms with van der Waals surface area (Å²) in [6, 6.07) is 0.109. The van der Waals surface area contributed by atoms with Crippen molar-refractivity contribution in [2.45, 2.75) is 44.8 Å². The molecule has 0 bridgehead atoms. The summed E-state index contributed by atoms with van der Waals surface area (Å²) in [5.41, 5.74) is 0. The predicted octanol–water partition coefficient (Wildman–Crippen LogP) is 0.980. The van der Waals surface area contributed by atoms with Gasteiger partial charge >= 0.3 is 5.97 Å². The van der Waals surface area contributed by atoms with Gasteiger partial charge in [0.1, 0.15) is 0 Å². The molecular weight excluding hydrogens is 236 g/mol. The molecule has 0 saturated heterocycles. The van der Waals surface area contributed by atoms with Crippen molar-refractivity contribution in [3.63, 3.8) is 0 Å². The van der Waals surface area contributed by atoms with Crippen molar-refractivity contribution in [2.75, 3.05) is 13.7 Å². The summed E-state index contributed by atoms with van der Waals surface area (Å²) in [5.74, 6) is -0.291. The Kier molecular flexibility index (Phi) is 4.24. The number of carbonyl (C=O) groups is 1. The standard InChI is InChI=1S/C11H18N4O3/c1-3-18-11(16)10-12-13-14-15(10)8-5-4-6-9(7-8)17-2/h8-9H,3-7H2,1-2H3. The lowest BCUT2D eigenvalue weighted by Crippen LogP contribution is -2.27. The van der Waals surface area contributed by atoms with Gasteiger partial charge in [0, 0.05) is 7.11 Å². The summed E-state index contributed by atoms with van der Waals surface area (Å²) >= 11 is 0. The number of hydrogen-bond donors (Lipinski definition) is 0. The van der Waals surface area contributed by atoms with Crippen LogP contribution in [0, 0.1) is 0 Å². The molecule has 0 amide bonds. The van der Waals surface area contributed by atoms with E-state index in [1.165, 1.54) is 0 Å². The predicted molar refractivity (Wildman–Crippen MR) is 62.1 cm³/mol. The van der Waals surface area contributed by atoms with Crippen molar-refractivity contribution < 1.29 is 14.3 Å². The summed E-state index contributed by atoms with van der Waals surface area (Å²) in [5, 5.41) is 11.2. The average Bonchev–Trinajstić information content (AvgIpc) is 2.88. The second kappa shape index (κ2) is 5.90. The van der Waals surface area contributed by atoms with Crippen molar-refractivity contribution in [3.05, 3.63) is 5.82 Å². The summed E-state index contributed by atoms with van der Waals surface area (Å²) < 4.78 is 11.9. The number of methoxy groups -OCH3 is 1. The number of nitrogens with zero attached hydrogens (tertiary/aromatic N) is 4. The topological polar surface area (TPSA) is 79.1 Å². The highest BCUT2D eigenvalue weighted by Crippen LogP contribution is 2.29. The molecule has 1 heterocycles. The van der Waals surface area contributed by atoms with Gasteiger partial charge in [-0.3, -0.25) is 0 Å². The molecule has 100 valence electrons. The monoisotopic (exact) mass is 254 g/mol. The average molecular weight is 254 g/mol. The van der Waals surface area contributed by atoms with Gasteiger partial charge in [-0.1, -0.05) is 0 Å². The van der Waals surface area contributed by atoms with Crippen molar-refractivity contribution in [2.24, 2.45) is 0 Å². The fourth-order valence-corrected chi connectivity index (χ4v) is 2.33. The Morgan fingerprint density at radius 1 is 1.50 bits per heavy atom. The molecular formula is C11H18N4O3. The van der Waals surface area contributed by atoms with E-state index in [9.17, 15) is 4.79 Å². The molecule has 0 N–H and O–H groups in total. The van der Waals surface area contributed by atoms with Crippen molar-refractivity contribution in [1.82, 2.24) is 20.2 Å². The molecule has 0 aliphatic heterocycles. The molecule has 7 heteroatoms. The van der Waals surface area contributed by atoms with E-state index in [4.69, 9.17) is 9.47 Å². The minimum absolute atomic E-state index is 0.109.